The van der Waals surface area contributed by atoms with Gasteiger partial charge in [0.25, 0.3) is 0 Å². The van der Waals surface area contributed by atoms with Crippen LogP contribution in [0.1, 0.15) is 6.42 Å². The average molecular weight is 374 g/mol. The number of carbonyl (C=O) groups is 3. The molecule has 0 aromatic rings. The van der Waals surface area contributed by atoms with Crippen molar-refractivity contribution in [3.8, 4) is 0 Å². The van der Waals surface area contributed by atoms with Crippen LogP contribution in [0.15, 0.2) is 38.0 Å². The molecule has 0 saturated heterocycles. The molecule has 0 radical (unpaired) electrons. The van der Waals surface area contributed by atoms with Gasteiger partial charge in [-0.05, 0) is 0 Å². The van der Waals surface area contributed by atoms with E-state index in [1.807, 2.05) is 0 Å². The van der Waals surface area contributed by atoms with Gasteiger partial charge >= 0.3 is 32.7 Å². The molecule has 0 aromatic heterocycles. The van der Waals surface area contributed by atoms with E-state index in [2.05, 4.69) is 19.7 Å². The fraction of sp³-hybridized carbons (Fsp3) is 0.400. The predicted molar refractivity (Wildman–Crippen MR) is 87.8 cm³/mol. The maximum Gasteiger partial charge on any atom is 0.500 e. The molecular formula is C15H22O9Si. The number of rotatable bonds is 12. The molecule has 0 N–H and O–H groups in total. The Bertz CT molecular complexity index is 462. The van der Waals surface area contributed by atoms with Gasteiger partial charge < -0.3 is 27.5 Å². The van der Waals surface area contributed by atoms with Crippen LogP contribution in [0, 0.1) is 0 Å². The molecule has 0 aliphatic heterocycles. The standard InChI is InChI=1S/C15H22O9Si/c1-7-12(16)22-15(23-13(17)8-2,24-14(18)9-3)10-11-25(19-4,20-5)21-6/h7-9H,1-3,10-11H2,4-6H3. The first-order valence-electron chi connectivity index (χ1n) is 6.97. The van der Waals surface area contributed by atoms with E-state index in [1.165, 1.54) is 21.3 Å². The number of esters is 3. The largest absolute Gasteiger partial charge is 0.500 e. The van der Waals surface area contributed by atoms with E-state index in [-0.39, 0.29) is 12.5 Å². The predicted octanol–water partition coefficient (Wildman–Crippen LogP) is 1.10. The van der Waals surface area contributed by atoms with Crippen molar-refractivity contribution in [2.75, 3.05) is 21.3 Å². The molecule has 0 bridgehead atoms. The van der Waals surface area contributed by atoms with E-state index in [0.29, 0.717) is 0 Å². The van der Waals surface area contributed by atoms with Gasteiger partial charge in [0, 0.05) is 45.6 Å². The lowest BCUT2D eigenvalue weighted by Gasteiger charge is -2.32. The van der Waals surface area contributed by atoms with E-state index in [0.717, 1.165) is 18.2 Å². The van der Waals surface area contributed by atoms with Gasteiger partial charge in [-0.1, -0.05) is 19.7 Å². The van der Waals surface area contributed by atoms with Crippen LogP contribution in [-0.4, -0.2) is 54.0 Å². The quantitative estimate of drug-likeness (QED) is 0.215. The first-order chi connectivity index (χ1) is 11.8. The van der Waals surface area contributed by atoms with Crippen LogP contribution in [0.2, 0.25) is 6.04 Å². The Morgan fingerprint density at radius 2 is 1.12 bits per heavy atom. The molecule has 0 atom stereocenters. The van der Waals surface area contributed by atoms with Crippen molar-refractivity contribution in [3.05, 3.63) is 38.0 Å². The molecule has 0 spiro atoms. The van der Waals surface area contributed by atoms with E-state index in [4.69, 9.17) is 27.5 Å². The summed E-state index contributed by atoms with van der Waals surface area (Å²) in [5.41, 5.74) is 0. The minimum absolute atomic E-state index is 0.0181. The first kappa shape index (κ1) is 22.7. The van der Waals surface area contributed by atoms with Crippen LogP contribution in [0.4, 0.5) is 0 Å². The Labute approximate surface area is 147 Å². The van der Waals surface area contributed by atoms with Crippen molar-refractivity contribution in [3.63, 3.8) is 0 Å². The number of ether oxygens (including phenoxy) is 3. The van der Waals surface area contributed by atoms with Crippen molar-refractivity contribution in [2.45, 2.75) is 18.4 Å². The summed E-state index contributed by atoms with van der Waals surface area (Å²) < 4.78 is 30.6. The van der Waals surface area contributed by atoms with Crippen molar-refractivity contribution < 1.29 is 41.9 Å². The van der Waals surface area contributed by atoms with Gasteiger partial charge in [0.15, 0.2) is 0 Å². The van der Waals surface area contributed by atoms with Crippen molar-refractivity contribution in [2.24, 2.45) is 0 Å². The van der Waals surface area contributed by atoms with Crippen LogP contribution in [0.25, 0.3) is 0 Å². The monoisotopic (exact) mass is 374 g/mol. The van der Waals surface area contributed by atoms with E-state index in [1.54, 1.807) is 0 Å². The van der Waals surface area contributed by atoms with Crippen molar-refractivity contribution >= 4 is 26.7 Å². The van der Waals surface area contributed by atoms with Crippen molar-refractivity contribution in [1.82, 2.24) is 0 Å². The van der Waals surface area contributed by atoms with Gasteiger partial charge in [-0.15, -0.1) is 0 Å². The zero-order valence-corrected chi connectivity index (χ0v) is 15.4. The fourth-order valence-corrected chi connectivity index (χ4v) is 3.39. The zero-order chi connectivity index (χ0) is 19.5. The molecule has 0 rings (SSSR count). The Morgan fingerprint density at radius 3 is 1.36 bits per heavy atom. The maximum atomic E-state index is 11.6. The van der Waals surface area contributed by atoms with Crippen LogP contribution >= 0.6 is 0 Å². The number of carbonyl (C=O) groups excluding carboxylic acids is 3. The van der Waals surface area contributed by atoms with Gasteiger partial charge in [-0.25, -0.2) is 14.4 Å². The third-order valence-electron chi connectivity index (χ3n) is 2.94. The second-order valence-electron chi connectivity index (χ2n) is 4.35. The molecule has 0 heterocycles. The summed E-state index contributed by atoms with van der Waals surface area (Å²) in [6.45, 7) is 9.72. The molecule has 0 saturated carbocycles. The maximum absolute atomic E-state index is 11.6. The Kier molecular flexibility index (Phi) is 9.60. The van der Waals surface area contributed by atoms with Crippen LogP contribution in [0.3, 0.4) is 0 Å². The summed E-state index contributed by atoms with van der Waals surface area (Å²) in [7, 11) is 0.927. The summed E-state index contributed by atoms with van der Waals surface area (Å²) >= 11 is 0. The molecule has 0 unspecified atom stereocenters. The number of hydrogen-bond donors (Lipinski definition) is 0. The SMILES string of the molecule is C=CC(=O)OC(CC[Si](OC)(OC)OC)(OC(=O)C=C)OC(=O)C=C. The third kappa shape index (κ3) is 7.01. The first-order valence-corrected chi connectivity index (χ1v) is 8.90. The summed E-state index contributed by atoms with van der Waals surface area (Å²) in [5, 5.41) is 0. The topological polar surface area (TPSA) is 107 Å². The van der Waals surface area contributed by atoms with Crippen LogP contribution in [0.5, 0.6) is 0 Å². The van der Waals surface area contributed by atoms with E-state index in [9.17, 15) is 14.4 Å². The van der Waals surface area contributed by atoms with Gasteiger partial charge in [0.1, 0.15) is 0 Å². The second-order valence-corrected chi connectivity index (χ2v) is 7.44. The average Bonchev–Trinajstić information content (AvgIpc) is 2.62. The molecule has 0 aliphatic rings. The highest BCUT2D eigenvalue weighted by Crippen LogP contribution is 2.28. The molecule has 0 aromatic carbocycles. The second kappa shape index (κ2) is 10.6. The highest BCUT2D eigenvalue weighted by atomic mass is 28.4. The Hall–Kier alpha value is -2.27. The number of hydrogen-bond acceptors (Lipinski definition) is 9. The molecule has 0 amide bonds. The highest BCUT2D eigenvalue weighted by molar-refractivity contribution is 6.60. The lowest BCUT2D eigenvalue weighted by atomic mass is 10.4. The van der Waals surface area contributed by atoms with Gasteiger partial charge in [-0.3, -0.25) is 0 Å². The smallest absolute Gasteiger partial charge is 0.385 e. The Morgan fingerprint density at radius 1 is 0.800 bits per heavy atom. The zero-order valence-electron chi connectivity index (χ0n) is 14.4. The fourth-order valence-electron chi connectivity index (χ4n) is 1.66. The lowest BCUT2D eigenvalue weighted by Crippen LogP contribution is -2.49. The van der Waals surface area contributed by atoms with Crippen molar-refractivity contribution in [1.29, 1.82) is 0 Å². The minimum Gasteiger partial charge on any atom is -0.385 e. The molecule has 10 heteroatoms. The van der Waals surface area contributed by atoms with Gasteiger partial charge in [0.2, 0.25) is 0 Å². The molecule has 0 aliphatic carbocycles. The summed E-state index contributed by atoms with van der Waals surface area (Å²) in [6, 6.07) is -0.0181. The van der Waals surface area contributed by atoms with E-state index >= 15 is 0 Å². The van der Waals surface area contributed by atoms with Crippen LogP contribution < -0.4 is 0 Å². The summed E-state index contributed by atoms with van der Waals surface area (Å²) in [4.78, 5) is 34.9. The summed E-state index contributed by atoms with van der Waals surface area (Å²) in [5.74, 6) is -5.37. The third-order valence-corrected chi connectivity index (χ3v) is 5.67. The summed E-state index contributed by atoms with van der Waals surface area (Å²) in [6.07, 6.45) is 2.11. The van der Waals surface area contributed by atoms with Gasteiger partial charge in [0.05, 0.1) is 6.42 Å². The van der Waals surface area contributed by atoms with Gasteiger partial charge in [-0.2, -0.15) is 0 Å². The van der Waals surface area contributed by atoms with Crippen LogP contribution in [-0.2, 0) is 41.9 Å². The molecule has 9 nitrogen and oxygen atoms in total. The van der Waals surface area contributed by atoms with E-state index < -0.39 is 32.7 Å². The normalized spacial score (nSPS) is 11.2. The molecule has 25 heavy (non-hydrogen) atoms. The minimum atomic E-state index is -3.16. The molecule has 140 valence electrons. The molecule has 0 fully saturated rings. The molecular weight excluding hydrogens is 352 g/mol. The highest BCUT2D eigenvalue weighted by Gasteiger charge is 2.48. The lowest BCUT2D eigenvalue weighted by molar-refractivity contribution is -0.325. The Balaban J connectivity index is 5.75.